The van der Waals surface area contributed by atoms with Crippen LogP contribution in [0.5, 0.6) is 0 Å². The summed E-state index contributed by atoms with van der Waals surface area (Å²) in [6.07, 6.45) is 8.36. The first kappa shape index (κ1) is 33.6. The zero-order valence-electron chi connectivity index (χ0n) is 28.1. The van der Waals surface area contributed by atoms with Crippen LogP contribution in [0.1, 0.15) is 75.8 Å². The second-order valence-electron chi connectivity index (χ2n) is 13.9. The summed E-state index contributed by atoms with van der Waals surface area (Å²) in [7, 11) is 0. The number of benzene rings is 5. The zero-order valence-corrected chi connectivity index (χ0v) is 30.5. The SMILES string of the molecule is CC(C)(C)c1ccc2c(c1)[cH-]c1cc(C(C)(C)C)ccc12.[C-]1=CC(c2ccccc2)=CC1.[Zr+2]=[C](c1ccccc1)c1ccccc1. The predicted molar refractivity (Wildman–Crippen MR) is 197 cm³/mol. The molecule has 1 aliphatic rings. The van der Waals surface area contributed by atoms with E-state index in [2.05, 4.69) is 187 Å². The van der Waals surface area contributed by atoms with Crippen molar-refractivity contribution < 1.29 is 24.2 Å². The van der Waals surface area contributed by atoms with Gasteiger partial charge in [-0.2, -0.15) is 11.6 Å². The van der Waals surface area contributed by atoms with Crippen LogP contribution >= 0.6 is 0 Å². The van der Waals surface area contributed by atoms with E-state index in [1.807, 2.05) is 6.07 Å². The van der Waals surface area contributed by atoms with Gasteiger partial charge in [-0.1, -0.05) is 107 Å². The number of rotatable bonds is 3. The summed E-state index contributed by atoms with van der Waals surface area (Å²) in [5.41, 5.74) is 8.46. The molecule has 0 bridgehead atoms. The van der Waals surface area contributed by atoms with Crippen LogP contribution in [0.25, 0.3) is 27.1 Å². The van der Waals surface area contributed by atoms with Crippen molar-refractivity contribution in [2.24, 2.45) is 0 Å². The fourth-order valence-corrected chi connectivity index (χ4v) is 6.38. The molecule has 0 radical (unpaired) electrons. The minimum absolute atomic E-state index is 0.203. The van der Waals surface area contributed by atoms with E-state index in [9.17, 15) is 0 Å². The maximum absolute atomic E-state index is 3.15. The molecule has 0 fully saturated rings. The Labute approximate surface area is 291 Å². The molecule has 6 aromatic carbocycles. The van der Waals surface area contributed by atoms with Gasteiger partial charge >= 0.3 is 99.2 Å². The van der Waals surface area contributed by atoms with E-state index in [0.29, 0.717) is 0 Å². The summed E-state index contributed by atoms with van der Waals surface area (Å²) < 4.78 is 1.42. The average Bonchev–Trinajstić information content (AvgIpc) is 3.74. The Hall–Kier alpha value is -3.80. The monoisotopic (exact) mass is 674 g/mol. The minimum atomic E-state index is 0.203. The predicted octanol–water partition coefficient (Wildman–Crippen LogP) is 11.9. The number of hydrogen-bond acceptors (Lipinski definition) is 0. The fraction of sp³-hybridized carbons (Fsp3) is 0.200. The molecule has 0 spiro atoms. The van der Waals surface area contributed by atoms with E-state index in [4.69, 9.17) is 0 Å². The Kier molecular flexibility index (Phi) is 10.8. The number of fused-ring (bicyclic) bond motifs is 3. The molecule has 0 heterocycles. The number of hydrogen-bond donors (Lipinski definition) is 0. The molecule has 0 unspecified atom stereocenters. The van der Waals surface area contributed by atoms with Crippen molar-refractivity contribution in [2.75, 3.05) is 0 Å². The standard InChI is InChI=1S/C21H25.C13H10.C11H9.Zr/c1-20(2,3)16-7-9-18-14(12-16)11-15-13-17(21(4,5)6)8-10-19(15)18;1-3-7-12(8-4-1)11-13-9-5-2-6-10-13;1-2-6-10(7-3-1)11-8-4-5-9-11;/h7-13H,1-6H3;1-10H;1-3,6-9H,4H2;/q-1;;-1;+2. The Morgan fingerprint density at radius 3 is 1.41 bits per heavy atom. The van der Waals surface area contributed by atoms with Crippen LogP contribution in [-0.2, 0) is 35.1 Å². The van der Waals surface area contributed by atoms with Gasteiger partial charge in [0.25, 0.3) is 0 Å². The Bertz CT molecular complexity index is 1850. The zero-order chi connectivity index (χ0) is 32.7. The van der Waals surface area contributed by atoms with Crippen molar-refractivity contribution in [3.05, 3.63) is 180 Å². The molecule has 1 heteroatoms. The van der Waals surface area contributed by atoms with Gasteiger partial charge in [0.1, 0.15) is 0 Å². The molecule has 0 N–H and O–H groups in total. The van der Waals surface area contributed by atoms with Crippen molar-refractivity contribution in [1.82, 2.24) is 0 Å². The molecular weight excluding hydrogens is 632 g/mol. The quantitative estimate of drug-likeness (QED) is 0.164. The van der Waals surface area contributed by atoms with Crippen LogP contribution in [0.15, 0.2) is 146 Å². The van der Waals surface area contributed by atoms with Crippen LogP contribution in [0, 0.1) is 6.08 Å². The maximum atomic E-state index is 3.15. The van der Waals surface area contributed by atoms with Crippen molar-refractivity contribution in [1.29, 1.82) is 0 Å². The van der Waals surface area contributed by atoms with Crippen LogP contribution < -0.4 is 0 Å². The molecule has 6 aromatic rings. The molecule has 0 atom stereocenters. The third-order valence-corrected chi connectivity index (χ3v) is 9.78. The molecule has 46 heavy (non-hydrogen) atoms. The van der Waals surface area contributed by atoms with Crippen LogP contribution in [0.3, 0.4) is 0 Å². The summed E-state index contributed by atoms with van der Waals surface area (Å²) in [6.45, 7) is 13.6. The topological polar surface area (TPSA) is 0 Å². The van der Waals surface area contributed by atoms with E-state index in [1.54, 1.807) is 0 Å². The van der Waals surface area contributed by atoms with Crippen LogP contribution in [0.2, 0.25) is 0 Å². The van der Waals surface area contributed by atoms with Gasteiger partial charge in [0.2, 0.25) is 0 Å². The first-order chi connectivity index (χ1) is 22.0. The van der Waals surface area contributed by atoms with Crippen LogP contribution in [-0.4, -0.2) is 3.21 Å². The molecule has 0 saturated heterocycles. The third kappa shape index (κ3) is 8.51. The van der Waals surface area contributed by atoms with E-state index in [1.165, 1.54) is 82.4 Å². The van der Waals surface area contributed by atoms with Gasteiger partial charge in [0.05, 0.1) is 0 Å². The molecule has 7 rings (SSSR count). The van der Waals surface area contributed by atoms with E-state index in [0.717, 1.165) is 6.42 Å². The Morgan fingerprint density at radius 1 is 0.587 bits per heavy atom. The molecule has 0 aliphatic heterocycles. The molecule has 0 amide bonds. The first-order valence-electron chi connectivity index (χ1n) is 16.2. The molecule has 1 aliphatic carbocycles. The summed E-state index contributed by atoms with van der Waals surface area (Å²) in [4.78, 5) is 0. The first-order valence-corrected chi connectivity index (χ1v) is 17.4. The molecular formula is C45H44Zr. The van der Waals surface area contributed by atoms with Crippen molar-refractivity contribution in [3.63, 3.8) is 0 Å². The second kappa shape index (κ2) is 14.7. The third-order valence-electron chi connectivity index (χ3n) is 8.37. The molecule has 228 valence electrons. The van der Waals surface area contributed by atoms with Gasteiger partial charge in [-0.3, -0.25) is 6.08 Å². The summed E-state index contributed by atoms with van der Waals surface area (Å²) in [5.74, 6) is 0. The van der Waals surface area contributed by atoms with E-state index in [-0.39, 0.29) is 10.8 Å². The summed E-state index contributed by atoms with van der Waals surface area (Å²) >= 11 is 1.46. The van der Waals surface area contributed by atoms with Crippen molar-refractivity contribution in [3.8, 4) is 0 Å². The number of allylic oxidation sites excluding steroid dienone is 4. The van der Waals surface area contributed by atoms with Gasteiger partial charge in [-0.25, -0.2) is 6.08 Å². The van der Waals surface area contributed by atoms with Crippen LogP contribution in [0.4, 0.5) is 0 Å². The van der Waals surface area contributed by atoms with Gasteiger partial charge in [0.15, 0.2) is 0 Å². The van der Waals surface area contributed by atoms with Crippen molar-refractivity contribution in [2.45, 2.75) is 58.8 Å². The fourth-order valence-electron chi connectivity index (χ4n) is 5.56. The average molecular weight is 676 g/mol. The normalized spacial score (nSPS) is 12.7. The van der Waals surface area contributed by atoms with Gasteiger partial charge in [-0.05, 0) is 10.8 Å². The van der Waals surface area contributed by atoms with E-state index < -0.39 is 0 Å². The Balaban J connectivity index is 0.000000144. The summed E-state index contributed by atoms with van der Waals surface area (Å²) in [6, 6.07) is 47.7. The Morgan fingerprint density at radius 2 is 1.02 bits per heavy atom. The van der Waals surface area contributed by atoms with Gasteiger partial charge in [-0.15, -0.1) is 51.7 Å². The molecule has 0 saturated carbocycles. The molecule has 0 nitrogen and oxygen atoms in total. The van der Waals surface area contributed by atoms with E-state index >= 15 is 0 Å². The van der Waals surface area contributed by atoms with Gasteiger partial charge in [0, 0.05) is 0 Å². The second-order valence-corrected chi connectivity index (χ2v) is 15.2. The van der Waals surface area contributed by atoms with Crippen molar-refractivity contribution >= 4 is 30.3 Å². The van der Waals surface area contributed by atoms with Gasteiger partial charge < -0.3 is 0 Å². The summed E-state index contributed by atoms with van der Waals surface area (Å²) in [5, 5.41) is 5.48. The molecule has 0 aromatic heterocycles.